The molecular formula is C19H24F2N4O2. The van der Waals surface area contributed by atoms with Crippen LogP contribution in [0.3, 0.4) is 0 Å². The lowest BCUT2D eigenvalue weighted by atomic mass is 9.86. The lowest BCUT2D eigenvalue weighted by Gasteiger charge is -2.29. The van der Waals surface area contributed by atoms with E-state index < -0.39 is 6.55 Å². The maximum absolute atomic E-state index is 13.5. The smallest absolute Gasteiger partial charge is 0.320 e. The molecule has 2 atom stereocenters. The Morgan fingerprint density at radius 1 is 1.37 bits per heavy atom. The largest absolute Gasteiger partial charge is 0.385 e. The highest BCUT2D eigenvalue weighted by Crippen LogP contribution is 2.24. The molecule has 2 aromatic rings. The van der Waals surface area contributed by atoms with E-state index >= 15 is 0 Å². The average Bonchev–Trinajstić information content (AvgIpc) is 3.03. The maximum atomic E-state index is 13.5. The number of halogens is 2. The van der Waals surface area contributed by atoms with Gasteiger partial charge >= 0.3 is 6.55 Å². The minimum Gasteiger partial charge on any atom is -0.385 e. The molecule has 0 saturated heterocycles. The number of amides is 1. The number of fused-ring (bicyclic) bond motifs is 1. The number of hydrogen-bond acceptors (Lipinski definition) is 4. The number of oxime groups is 1. The van der Waals surface area contributed by atoms with E-state index in [4.69, 9.17) is 4.84 Å². The van der Waals surface area contributed by atoms with Crippen LogP contribution in [0.1, 0.15) is 51.9 Å². The molecule has 0 bridgehead atoms. The molecule has 0 spiro atoms. The van der Waals surface area contributed by atoms with Gasteiger partial charge in [-0.3, -0.25) is 9.36 Å². The van der Waals surface area contributed by atoms with Crippen molar-refractivity contribution in [3.63, 3.8) is 0 Å². The van der Waals surface area contributed by atoms with Gasteiger partial charge in [-0.15, -0.1) is 0 Å². The molecule has 1 aromatic carbocycles. The van der Waals surface area contributed by atoms with Crippen LogP contribution in [-0.2, 0) is 9.63 Å². The number of nitrogens with one attached hydrogen (secondary N) is 1. The first-order valence-electron chi connectivity index (χ1n) is 9.18. The summed E-state index contributed by atoms with van der Waals surface area (Å²) in [6.07, 6.45) is 4.37. The highest BCUT2D eigenvalue weighted by atomic mass is 19.3. The summed E-state index contributed by atoms with van der Waals surface area (Å²) in [6, 6.07) is 6.79. The van der Waals surface area contributed by atoms with E-state index in [2.05, 4.69) is 22.4 Å². The van der Waals surface area contributed by atoms with Crippen molar-refractivity contribution in [3.8, 4) is 0 Å². The van der Waals surface area contributed by atoms with Gasteiger partial charge in [-0.2, -0.15) is 8.78 Å². The molecule has 2 unspecified atom stereocenters. The van der Waals surface area contributed by atoms with Crippen LogP contribution in [-0.4, -0.2) is 33.8 Å². The molecule has 27 heavy (non-hydrogen) atoms. The number of para-hydroxylation sites is 2. The molecule has 1 aromatic heterocycles. The number of aromatic nitrogens is 2. The summed E-state index contributed by atoms with van der Waals surface area (Å²) < 4.78 is 27.7. The number of rotatable bonds is 6. The highest BCUT2D eigenvalue weighted by molar-refractivity contribution is 5.98. The van der Waals surface area contributed by atoms with E-state index in [9.17, 15) is 13.6 Å². The summed E-state index contributed by atoms with van der Waals surface area (Å²) in [7, 11) is 0. The first-order valence-corrected chi connectivity index (χ1v) is 9.18. The van der Waals surface area contributed by atoms with E-state index in [-0.39, 0.29) is 30.1 Å². The van der Waals surface area contributed by atoms with Crippen LogP contribution in [0.25, 0.3) is 11.0 Å². The Bertz CT molecular complexity index is 834. The maximum Gasteiger partial charge on any atom is 0.320 e. The van der Waals surface area contributed by atoms with Gasteiger partial charge in [0.15, 0.2) is 12.4 Å². The second kappa shape index (κ2) is 8.45. The van der Waals surface area contributed by atoms with Crippen molar-refractivity contribution < 1.29 is 18.4 Å². The number of carbonyl (C=O) groups excluding carboxylic acids is 1. The van der Waals surface area contributed by atoms with Crippen molar-refractivity contribution in [2.24, 2.45) is 11.1 Å². The number of carbonyl (C=O) groups is 1. The van der Waals surface area contributed by atoms with Gasteiger partial charge in [0.2, 0.25) is 0 Å². The van der Waals surface area contributed by atoms with Crippen LogP contribution >= 0.6 is 0 Å². The molecule has 146 valence electrons. The number of alkyl halides is 2. The Balaban J connectivity index is 1.65. The number of imidazole rings is 1. The second-order valence-corrected chi connectivity index (χ2v) is 6.96. The molecule has 8 heteroatoms. The van der Waals surface area contributed by atoms with E-state index in [0.717, 1.165) is 23.8 Å². The molecule has 1 aliphatic carbocycles. The first kappa shape index (κ1) is 19.3. The van der Waals surface area contributed by atoms with E-state index in [0.29, 0.717) is 17.0 Å². The van der Waals surface area contributed by atoms with Crippen molar-refractivity contribution in [2.75, 3.05) is 6.61 Å². The molecule has 6 nitrogen and oxygen atoms in total. The fraction of sp³-hybridized carbons (Fsp3) is 0.526. The molecule has 0 radical (unpaired) electrons. The highest BCUT2D eigenvalue weighted by Gasteiger charge is 2.23. The molecule has 1 saturated carbocycles. The topological polar surface area (TPSA) is 68.5 Å². The van der Waals surface area contributed by atoms with E-state index in [1.165, 1.54) is 13.3 Å². The lowest BCUT2D eigenvalue weighted by molar-refractivity contribution is -0.126. The summed E-state index contributed by atoms with van der Waals surface area (Å²) in [5.74, 6) is 0.207. The molecule has 1 fully saturated rings. The average molecular weight is 378 g/mol. The molecule has 1 N–H and O–H groups in total. The van der Waals surface area contributed by atoms with Gasteiger partial charge in [-0.25, -0.2) is 4.98 Å². The van der Waals surface area contributed by atoms with Gasteiger partial charge in [0, 0.05) is 6.04 Å². The third-order valence-electron chi connectivity index (χ3n) is 4.97. The van der Waals surface area contributed by atoms with Gasteiger partial charge in [0.05, 0.1) is 11.0 Å². The van der Waals surface area contributed by atoms with Crippen molar-refractivity contribution in [2.45, 2.75) is 52.1 Å². The van der Waals surface area contributed by atoms with Crippen LogP contribution in [0.4, 0.5) is 8.78 Å². The Morgan fingerprint density at radius 2 is 2.11 bits per heavy atom. The molecule has 0 aliphatic heterocycles. The quantitative estimate of drug-likeness (QED) is 0.613. The predicted octanol–water partition coefficient (Wildman–Crippen LogP) is 3.87. The normalized spacial score (nSPS) is 20.9. The predicted molar refractivity (Wildman–Crippen MR) is 98.7 cm³/mol. The van der Waals surface area contributed by atoms with E-state index in [1.807, 2.05) is 0 Å². The lowest BCUT2D eigenvalue weighted by Crippen LogP contribution is -2.42. The third kappa shape index (κ3) is 4.43. The molecule has 1 aliphatic rings. The van der Waals surface area contributed by atoms with Crippen molar-refractivity contribution in [3.05, 3.63) is 30.1 Å². The summed E-state index contributed by atoms with van der Waals surface area (Å²) in [5.41, 5.74) is 0.956. The Kier molecular flexibility index (Phi) is 6.03. The molecule has 3 rings (SSSR count). The first-order chi connectivity index (χ1) is 13.0. The molecule has 1 heterocycles. The van der Waals surface area contributed by atoms with Crippen LogP contribution in [0, 0.1) is 5.92 Å². The van der Waals surface area contributed by atoms with Gasteiger partial charge in [-0.1, -0.05) is 37.1 Å². The van der Waals surface area contributed by atoms with Crippen LogP contribution in [0.5, 0.6) is 0 Å². The summed E-state index contributed by atoms with van der Waals surface area (Å²) >= 11 is 0. The van der Waals surface area contributed by atoms with Crippen molar-refractivity contribution in [1.82, 2.24) is 14.9 Å². The SMILES string of the molecule is CC(=NOCC(=O)NC1CCCCC1C)c1nc2ccccc2n1C(F)F. The number of hydrogen-bond donors (Lipinski definition) is 1. The van der Waals surface area contributed by atoms with Crippen molar-refractivity contribution >= 4 is 22.7 Å². The van der Waals surface area contributed by atoms with Gasteiger partial charge in [0.25, 0.3) is 5.91 Å². The Hall–Kier alpha value is -2.51. The molecular weight excluding hydrogens is 354 g/mol. The molecule has 1 amide bonds. The zero-order valence-corrected chi connectivity index (χ0v) is 15.5. The third-order valence-corrected chi connectivity index (χ3v) is 4.97. The number of benzene rings is 1. The number of nitrogens with zero attached hydrogens (tertiary/aromatic N) is 3. The fourth-order valence-electron chi connectivity index (χ4n) is 3.50. The second-order valence-electron chi connectivity index (χ2n) is 6.96. The van der Waals surface area contributed by atoms with Crippen molar-refractivity contribution in [1.29, 1.82) is 0 Å². The van der Waals surface area contributed by atoms with Gasteiger partial charge < -0.3 is 10.2 Å². The summed E-state index contributed by atoms with van der Waals surface area (Å²) in [5, 5.41) is 6.78. The van der Waals surface area contributed by atoms with E-state index in [1.54, 1.807) is 24.3 Å². The standard InChI is InChI=1S/C19H24F2N4O2/c1-12-7-3-4-8-14(12)22-17(26)11-27-24-13(2)18-23-15-9-5-6-10-16(15)25(18)19(20)21/h5-6,9-10,12,14,19H,3-4,7-8,11H2,1-2H3,(H,22,26). The Labute approximate surface area is 156 Å². The fourth-order valence-corrected chi connectivity index (χ4v) is 3.50. The summed E-state index contributed by atoms with van der Waals surface area (Å²) in [4.78, 5) is 21.3. The van der Waals surface area contributed by atoms with Gasteiger partial charge in [-0.05, 0) is 37.8 Å². The zero-order valence-electron chi connectivity index (χ0n) is 15.5. The zero-order chi connectivity index (χ0) is 19.4. The Morgan fingerprint density at radius 3 is 2.85 bits per heavy atom. The minimum atomic E-state index is -2.76. The summed E-state index contributed by atoms with van der Waals surface area (Å²) in [6.45, 7) is 0.646. The van der Waals surface area contributed by atoms with Crippen LogP contribution in [0.2, 0.25) is 0 Å². The minimum absolute atomic E-state index is 0.0208. The van der Waals surface area contributed by atoms with Gasteiger partial charge in [0.1, 0.15) is 5.71 Å². The van der Waals surface area contributed by atoms with Crippen LogP contribution < -0.4 is 5.32 Å². The van der Waals surface area contributed by atoms with Crippen LogP contribution in [0.15, 0.2) is 29.4 Å². The monoisotopic (exact) mass is 378 g/mol.